The Hall–Kier alpha value is -3.73. The van der Waals surface area contributed by atoms with Crippen molar-refractivity contribution >= 4 is 28.8 Å². The molecule has 150 valence electrons. The molecule has 0 fully saturated rings. The van der Waals surface area contributed by atoms with Crippen molar-refractivity contribution in [1.82, 2.24) is 0 Å². The Kier molecular flexibility index (Phi) is 4.96. The van der Waals surface area contributed by atoms with E-state index in [1.165, 1.54) is 29.2 Å². The highest BCUT2D eigenvalue weighted by molar-refractivity contribution is 6.46. The SMILES string of the molecule is Cc1cc(C)cc(NC2=C(c3ccc(F)cc3)C(=O)N(c3ccccc3C)C2=O)c1. The summed E-state index contributed by atoms with van der Waals surface area (Å²) in [5.74, 6) is -1.28. The Morgan fingerprint density at radius 3 is 2.07 bits per heavy atom. The molecule has 3 aromatic rings. The second-order valence-corrected chi connectivity index (χ2v) is 7.49. The van der Waals surface area contributed by atoms with Gasteiger partial charge in [0, 0.05) is 5.69 Å². The minimum Gasteiger partial charge on any atom is -0.350 e. The number of hydrogen-bond acceptors (Lipinski definition) is 3. The van der Waals surface area contributed by atoms with Crippen LogP contribution in [0, 0.1) is 26.6 Å². The first-order chi connectivity index (χ1) is 14.3. The lowest BCUT2D eigenvalue weighted by Crippen LogP contribution is -2.33. The number of anilines is 2. The van der Waals surface area contributed by atoms with Gasteiger partial charge >= 0.3 is 0 Å². The highest BCUT2D eigenvalue weighted by atomic mass is 19.1. The third-order valence-corrected chi connectivity index (χ3v) is 5.06. The molecule has 0 unspecified atom stereocenters. The van der Waals surface area contributed by atoms with Crippen LogP contribution in [0.2, 0.25) is 0 Å². The molecule has 1 heterocycles. The van der Waals surface area contributed by atoms with E-state index in [4.69, 9.17) is 0 Å². The fourth-order valence-electron chi connectivity index (χ4n) is 3.75. The lowest BCUT2D eigenvalue weighted by molar-refractivity contribution is -0.120. The predicted octanol–water partition coefficient (Wildman–Crippen LogP) is 5.15. The maximum absolute atomic E-state index is 13.5. The largest absolute Gasteiger partial charge is 0.350 e. The normalized spacial score (nSPS) is 13.9. The zero-order valence-electron chi connectivity index (χ0n) is 17.0. The van der Waals surface area contributed by atoms with Gasteiger partial charge < -0.3 is 5.32 Å². The van der Waals surface area contributed by atoms with Gasteiger partial charge in [0.2, 0.25) is 0 Å². The first kappa shape index (κ1) is 19.6. The Labute approximate surface area is 174 Å². The van der Waals surface area contributed by atoms with Gasteiger partial charge in [0.05, 0.1) is 11.3 Å². The number of rotatable bonds is 4. The molecule has 0 aromatic heterocycles. The van der Waals surface area contributed by atoms with Crippen LogP contribution in [0.1, 0.15) is 22.3 Å². The molecule has 0 aliphatic carbocycles. The summed E-state index contributed by atoms with van der Waals surface area (Å²) in [4.78, 5) is 28.0. The van der Waals surface area contributed by atoms with Gasteiger partial charge in [-0.3, -0.25) is 9.59 Å². The monoisotopic (exact) mass is 400 g/mol. The minimum atomic E-state index is -0.437. The van der Waals surface area contributed by atoms with Crippen LogP contribution in [0.5, 0.6) is 0 Å². The third-order valence-electron chi connectivity index (χ3n) is 5.06. The van der Waals surface area contributed by atoms with Crippen LogP contribution in [0.4, 0.5) is 15.8 Å². The number of halogens is 1. The predicted molar refractivity (Wildman–Crippen MR) is 117 cm³/mol. The van der Waals surface area contributed by atoms with E-state index in [9.17, 15) is 14.0 Å². The summed E-state index contributed by atoms with van der Waals surface area (Å²) in [5, 5.41) is 3.16. The molecule has 1 N–H and O–H groups in total. The van der Waals surface area contributed by atoms with Crippen LogP contribution < -0.4 is 10.2 Å². The van der Waals surface area contributed by atoms with E-state index >= 15 is 0 Å². The number of nitrogens with one attached hydrogen (secondary N) is 1. The van der Waals surface area contributed by atoms with Gasteiger partial charge in [-0.25, -0.2) is 9.29 Å². The second-order valence-electron chi connectivity index (χ2n) is 7.49. The quantitative estimate of drug-likeness (QED) is 0.617. The van der Waals surface area contributed by atoms with Gasteiger partial charge in [-0.2, -0.15) is 0 Å². The highest BCUT2D eigenvalue weighted by Crippen LogP contribution is 2.35. The minimum absolute atomic E-state index is 0.180. The molecule has 4 nitrogen and oxygen atoms in total. The van der Waals surface area contributed by atoms with Gasteiger partial charge in [0.25, 0.3) is 11.8 Å². The first-order valence-corrected chi connectivity index (χ1v) is 9.65. The molecular weight excluding hydrogens is 379 g/mol. The molecule has 1 aliphatic heterocycles. The van der Waals surface area contributed by atoms with Crippen molar-refractivity contribution in [2.75, 3.05) is 10.2 Å². The zero-order chi connectivity index (χ0) is 21.4. The van der Waals surface area contributed by atoms with Crippen LogP contribution >= 0.6 is 0 Å². The number of carbonyl (C=O) groups excluding carboxylic acids is 2. The van der Waals surface area contributed by atoms with Crippen molar-refractivity contribution < 1.29 is 14.0 Å². The van der Waals surface area contributed by atoms with Gasteiger partial charge in [0.15, 0.2) is 0 Å². The molecule has 4 rings (SSSR count). The molecule has 5 heteroatoms. The molecule has 0 radical (unpaired) electrons. The third kappa shape index (κ3) is 3.50. The fourth-order valence-corrected chi connectivity index (χ4v) is 3.75. The summed E-state index contributed by atoms with van der Waals surface area (Å²) in [6.45, 7) is 5.78. The lowest BCUT2D eigenvalue weighted by atomic mass is 10.0. The molecule has 2 amide bonds. The number of carbonyl (C=O) groups is 2. The number of nitrogens with zero attached hydrogens (tertiary/aromatic N) is 1. The van der Waals surface area contributed by atoms with E-state index in [1.54, 1.807) is 12.1 Å². The molecule has 0 bridgehead atoms. The average Bonchev–Trinajstić information content (AvgIpc) is 2.92. The Balaban J connectivity index is 1.86. The van der Waals surface area contributed by atoms with Crippen molar-refractivity contribution in [3.8, 4) is 0 Å². The van der Waals surface area contributed by atoms with Crippen molar-refractivity contribution in [3.63, 3.8) is 0 Å². The summed E-state index contributed by atoms with van der Waals surface area (Å²) in [6, 6.07) is 18.7. The van der Waals surface area contributed by atoms with E-state index in [0.29, 0.717) is 11.3 Å². The highest BCUT2D eigenvalue weighted by Gasteiger charge is 2.40. The van der Waals surface area contributed by atoms with Gasteiger partial charge in [-0.15, -0.1) is 0 Å². The number of benzene rings is 3. The molecule has 1 aliphatic rings. The molecule has 3 aromatic carbocycles. The maximum Gasteiger partial charge on any atom is 0.282 e. The average molecular weight is 400 g/mol. The van der Waals surface area contributed by atoms with E-state index < -0.39 is 17.6 Å². The molecule has 0 spiro atoms. The summed E-state index contributed by atoms with van der Waals surface area (Å²) < 4.78 is 13.5. The number of hydrogen-bond donors (Lipinski definition) is 1. The zero-order valence-corrected chi connectivity index (χ0v) is 17.0. The van der Waals surface area contributed by atoms with Crippen LogP contribution in [-0.2, 0) is 9.59 Å². The van der Waals surface area contributed by atoms with Crippen molar-refractivity contribution in [3.05, 3.63) is 100 Å². The van der Waals surface area contributed by atoms with Crippen molar-refractivity contribution in [2.45, 2.75) is 20.8 Å². The first-order valence-electron chi connectivity index (χ1n) is 9.65. The summed E-state index contributed by atoms with van der Waals surface area (Å²) in [5.41, 5.74) is 5.02. The Bertz CT molecular complexity index is 1180. The number of para-hydroxylation sites is 1. The Morgan fingerprint density at radius 2 is 1.43 bits per heavy atom. The fraction of sp³-hybridized carbons (Fsp3) is 0.120. The summed E-state index contributed by atoms with van der Waals surface area (Å²) in [6.07, 6.45) is 0. The molecular formula is C25H21FN2O2. The number of amides is 2. The van der Waals surface area contributed by atoms with E-state index in [-0.39, 0.29) is 11.3 Å². The van der Waals surface area contributed by atoms with Gasteiger partial charge in [-0.1, -0.05) is 36.4 Å². The number of aryl methyl sites for hydroxylation is 3. The molecule has 30 heavy (non-hydrogen) atoms. The van der Waals surface area contributed by atoms with Crippen LogP contribution in [0.25, 0.3) is 5.57 Å². The molecule has 0 atom stereocenters. The van der Waals surface area contributed by atoms with Crippen molar-refractivity contribution in [2.24, 2.45) is 0 Å². The lowest BCUT2D eigenvalue weighted by Gasteiger charge is -2.17. The summed E-state index contributed by atoms with van der Waals surface area (Å²) in [7, 11) is 0. The van der Waals surface area contributed by atoms with Crippen LogP contribution in [0.3, 0.4) is 0 Å². The number of imide groups is 1. The van der Waals surface area contributed by atoms with Gasteiger partial charge in [0.1, 0.15) is 11.5 Å². The maximum atomic E-state index is 13.5. The topological polar surface area (TPSA) is 49.4 Å². The van der Waals surface area contributed by atoms with Crippen molar-refractivity contribution in [1.29, 1.82) is 0 Å². The van der Waals surface area contributed by atoms with E-state index in [2.05, 4.69) is 5.32 Å². The standard InChI is InChI=1S/C25H21FN2O2/c1-15-12-16(2)14-20(13-15)27-23-22(18-8-10-19(26)11-9-18)24(29)28(25(23)30)21-7-5-4-6-17(21)3/h4-14,27H,1-3H3. The smallest absolute Gasteiger partial charge is 0.282 e. The van der Waals surface area contributed by atoms with Gasteiger partial charge in [-0.05, 0) is 73.4 Å². The van der Waals surface area contributed by atoms with E-state index in [1.807, 2.05) is 51.1 Å². The molecule has 0 saturated carbocycles. The molecule has 0 saturated heterocycles. The van der Waals surface area contributed by atoms with Crippen LogP contribution in [0.15, 0.2) is 72.4 Å². The summed E-state index contributed by atoms with van der Waals surface area (Å²) >= 11 is 0. The second kappa shape index (κ2) is 7.59. The Morgan fingerprint density at radius 1 is 0.800 bits per heavy atom. The van der Waals surface area contributed by atoms with Crippen LogP contribution in [-0.4, -0.2) is 11.8 Å². The van der Waals surface area contributed by atoms with E-state index in [0.717, 1.165) is 22.4 Å².